The van der Waals surface area contributed by atoms with Gasteiger partial charge >= 0.3 is 29.8 Å². The van der Waals surface area contributed by atoms with E-state index in [1.807, 2.05) is 144 Å². The van der Waals surface area contributed by atoms with Crippen LogP contribution in [-0.4, -0.2) is 87.1 Å². The fraction of sp³-hybridized carbons (Fsp3) is 0.409. The average Bonchev–Trinajstić information content (AvgIpc) is 0.867. The number of carbonyl (C=O) groups excluding carboxylic acids is 2. The Bertz CT molecular complexity index is 4520. The SMILES string of the molecule is CCCCCCCCCSc1ccc(-c2ccc(C(=O)OCCCCC)cc2)cc1.CCCCCCCCSc1ccc(-c2ccc(C(=O)O)cc2)cc1.CCCCCCCSc1ccc(-c2ccc(C(=O)O)cc2)cc1.CCCCCCSc1ccc(-c2ccc(C(=O)O)cc2)cc1.CCCCCOC(=O)c1ccc(-c2ccc(SCCCCC)cc2)cc1. The van der Waals surface area contributed by atoms with E-state index in [0.29, 0.717) is 41.0 Å². The maximum Gasteiger partial charge on any atom is 0.338 e. The molecule has 0 aliphatic rings. The van der Waals surface area contributed by atoms with Crippen LogP contribution in [0.5, 0.6) is 0 Å². The number of benzene rings is 10. The molecule has 15 heteroatoms. The second kappa shape index (κ2) is 65.8. The van der Waals surface area contributed by atoms with Crippen molar-refractivity contribution >= 4 is 88.7 Å². The highest BCUT2D eigenvalue weighted by Crippen LogP contribution is 2.32. The first-order valence-electron chi connectivity index (χ1n) is 46.3. The Morgan fingerprint density at radius 3 is 0.528 bits per heavy atom. The molecule has 0 heterocycles. The first-order valence-corrected chi connectivity index (χ1v) is 51.2. The molecule has 3 N–H and O–H groups in total. The Kier molecular flexibility index (Phi) is 55.3. The molecule has 0 radical (unpaired) electrons. The van der Waals surface area contributed by atoms with Gasteiger partial charge in [0.2, 0.25) is 0 Å². The third-order valence-corrected chi connectivity index (χ3v) is 26.6. The summed E-state index contributed by atoms with van der Waals surface area (Å²) in [7, 11) is 0. The molecule has 670 valence electrons. The van der Waals surface area contributed by atoms with Crippen molar-refractivity contribution in [3.05, 3.63) is 270 Å². The van der Waals surface area contributed by atoms with E-state index in [2.05, 4.69) is 170 Å². The van der Waals surface area contributed by atoms with Gasteiger partial charge in [-0.1, -0.05) is 324 Å². The fourth-order valence-electron chi connectivity index (χ4n) is 13.4. The summed E-state index contributed by atoms with van der Waals surface area (Å²) < 4.78 is 10.6. The molecular formula is C110H140O10S5. The highest BCUT2D eigenvalue weighted by molar-refractivity contribution is 8.00. The minimum absolute atomic E-state index is 0.227. The zero-order valence-electron chi connectivity index (χ0n) is 75.7. The van der Waals surface area contributed by atoms with Crippen molar-refractivity contribution in [3.63, 3.8) is 0 Å². The van der Waals surface area contributed by atoms with Crippen molar-refractivity contribution in [1.82, 2.24) is 0 Å². The number of rotatable bonds is 53. The largest absolute Gasteiger partial charge is 0.478 e. The Balaban J connectivity index is 0.000000242. The molecule has 10 aromatic carbocycles. The predicted octanol–water partition coefficient (Wildman–Crippen LogP) is 33.9. The maximum atomic E-state index is 12.1. The van der Waals surface area contributed by atoms with Crippen molar-refractivity contribution in [2.24, 2.45) is 0 Å². The minimum Gasteiger partial charge on any atom is -0.478 e. The van der Waals surface area contributed by atoms with E-state index in [9.17, 15) is 24.0 Å². The minimum atomic E-state index is -0.888. The molecule has 0 aliphatic heterocycles. The van der Waals surface area contributed by atoms with E-state index < -0.39 is 17.9 Å². The van der Waals surface area contributed by atoms with Gasteiger partial charge in [-0.25, -0.2) is 24.0 Å². The van der Waals surface area contributed by atoms with Gasteiger partial charge in [-0.15, -0.1) is 58.8 Å². The second-order valence-corrected chi connectivity index (χ2v) is 37.3. The average molecular weight is 1780 g/mol. The van der Waals surface area contributed by atoms with Crippen molar-refractivity contribution < 1.29 is 48.8 Å². The van der Waals surface area contributed by atoms with Gasteiger partial charge in [0.15, 0.2) is 0 Å². The zero-order chi connectivity index (χ0) is 89.5. The normalized spacial score (nSPS) is 10.7. The van der Waals surface area contributed by atoms with Gasteiger partial charge in [0.25, 0.3) is 0 Å². The number of hydrogen-bond acceptors (Lipinski definition) is 12. The molecule has 0 bridgehead atoms. The maximum absolute atomic E-state index is 12.1. The van der Waals surface area contributed by atoms with Crippen LogP contribution in [0, 0.1) is 0 Å². The molecule has 0 saturated heterocycles. The molecule has 0 unspecified atom stereocenters. The van der Waals surface area contributed by atoms with Crippen molar-refractivity contribution in [3.8, 4) is 55.6 Å². The number of unbranched alkanes of at least 4 members (excludes halogenated alkanes) is 24. The van der Waals surface area contributed by atoms with E-state index in [-0.39, 0.29) is 11.9 Å². The fourth-order valence-corrected chi connectivity index (χ4v) is 18.0. The van der Waals surface area contributed by atoms with Crippen LogP contribution in [0.2, 0.25) is 0 Å². The van der Waals surface area contributed by atoms with Crippen LogP contribution >= 0.6 is 58.8 Å². The van der Waals surface area contributed by atoms with Gasteiger partial charge in [0.05, 0.1) is 41.0 Å². The van der Waals surface area contributed by atoms with E-state index in [1.165, 1.54) is 225 Å². The van der Waals surface area contributed by atoms with Crippen molar-refractivity contribution in [2.75, 3.05) is 42.0 Å². The van der Waals surface area contributed by atoms with E-state index >= 15 is 0 Å². The molecule has 0 aromatic heterocycles. The third kappa shape index (κ3) is 44.1. The first-order chi connectivity index (χ1) is 61.1. The summed E-state index contributed by atoms with van der Waals surface area (Å²) in [5.41, 5.74) is 13.3. The zero-order valence-corrected chi connectivity index (χ0v) is 79.8. The summed E-state index contributed by atoms with van der Waals surface area (Å²) in [6.07, 6.45) is 39.5. The van der Waals surface area contributed by atoms with Gasteiger partial charge < -0.3 is 24.8 Å². The Morgan fingerprint density at radius 2 is 0.336 bits per heavy atom. The van der Waals surface area contributed by atoms with Gasteiger partial charge in [-0.05, 0) is 251 Å². The Morgan fingerprint density at radius 1 is 0.192 bits per heavy atom. The number of hydrogen-bond donors (Lipinski definition) is 3. The summed E-state index contributed by atoms with van der Waals surface area (Å²) in [5.74, 6) is 2.79. The van der Waals surface area contributed by atoms with Gasteiger partial charge in [-0.3, -0.25) is 0 Å². The van der Waals surface area contributed by atoms with Gasteiger partial charge in [0, 0.05) is 24.5 Å². The molecule has 0 spiro atoms. The van der Waals surface area contributed by atoms with Crippen molar-refractivity contribution in [1.29, 1.82) is 0 Å². The number of aromatic carboxylic acids is 3. The molecule has 0 aliphatic carbocycles. The van der Waals surface area contributed by atoms with Gasteiger partial charge in [-0.2, -0.15) is 0 Å². The summed E-state index contributed by atoms with van der Waals surface area (Å²) in [4.78, 5) is 63.3. The number of esters is 2. The summed E-state index contributed by atoms with van der Waals surface area (Å²) in [6.45, 7) is 16.5. The lowest BCUT2D eigenvalue weighted by Crippen LogP contribution is -2.06. The Labute approximate surface area is 771 Å². The summed E-state index contributed by atoms with van der Waals surface area (Å²) in [6, 6.07) is 79.4. The third-order valence-electron chi connectivity index (χ3n) is 21.1. The highest BCUT2D eigenvalue weighted by atomic mass is 32.2. The number of carboxylic acid groups (broad SMARTS) is 3. The molecule has 0 amide bonds. The number of ether oxygens (including phenoxy) is 2. The standard InChI is InChI=1S/C27H38O2S.C23H30O2S.C21H26O2S.C20H24O2S.C19H22O2S/c1-3-5-7-8-9-10-12-22-30-26-19-17-24(18-20-26)23-13-15-25(16-14-23)27(28)29-21-11-6-4-2;1-3-5-7-17-25-23(24)21-11-9-19(10-12-21)20-13-15-22(16-14-20)26-18-8-6-4-2;1-2-3-4-5-6-7-16-24-20-14-12-18(13-15-20)17-8-10-19(11-9-17)21(22)23;1-2-3-4-5-6-15-23-19-13-11-17(12-14-19)16-7-9-18(10-8-16)20(21)22;1-2-3-4-5-14-22-18-12-10-16(11-13-18)15-6-8-17(9-7-15)19(20)21/h13-20H,3-12,21-22H2,1-2H3;9-16H,3-8,17-18H2,1-2H3;8-15H,2-7,16H2,1H3,(H,22,23);7-14H,2-6,15H2,1H3,(H,21,22);6-13H,2-5,14H2,1H3,(H,20,21). The van der Waals surface area contributed by atoms with Crippen LogP contribution in [0.25, 0.3) is 55.6 Å². The molecule has 0 fully saturated rings. The molecule has 125 heavy (non-hydrogen) atoms. The summed E-state index contributed by atoms with van der Waals surface area (Å²) >= 11 is 9.60. The molecule has 10 aromatic rings. The molecule has 0 saturated carbocycles. The smallest absolute Gasteiger partial charge is 0.338 e. The molecule has 0 atom stereocenters. The van der Waals surface area contributed by atoms with Crippen LogP contribution in [-0.2, 0) is 9.47 Å². The van der Waals surface area contributed by atoms with E-state index in [1.54, 1.807) is 36.4 Å². The summed E-state index contributed by atoms with van der Waals surface area (Å²) in [5, 5.41) is 26.8. The monoisotopic (exact) mass is 1780 g/mol. The first kappa shape index (κ1) is 105. The second-order valence-electron chi connectivity index (χ2n) is 31.4. The lowest BCUT2D eigenvalue weighted by Gasteiger charge is -2.07. The van der Waals surface area contributed by atoms with Crippen LogP contribution < -0.4 is 0 Å². The van der Waals surface area contributed by atoms with Crippen LogP contribution in [0.15, 0.2) is 267 Å². The van der Waals surface area contributed by atoms with Gasteiger partial charge in [0.1, 0.15) is 0 Å². The predicted molar refractivity (Wildman–Crippen MR) is 537 cm³/mol. The lowest BCUT2D eigenvalue weighted by molar-refractivity contribution is 0.0489. The number of thioether (sulfide) groups is 5. The van der Waals surface area contributed by atoms with Crippen LogP contribution in [0.1, 0.15) is 299 Å². The lowest BCUT2D eigenvalue weighted by atomic mass is 10.0. The highest BCUT2D eigenvalue weighted by Gasteiger charge is 2.13. The topological polar surface area (TPSA) is 164 Å². The number of carbonyl (C=O) groups is 5. The molecule has 10 rings (SSSR count). The molecular weight excluding hydrogens is 1640 g/mol. The quantitative estimate of drug-likeness (QED) is 0.0187. The van der Waals surface area contributed by atoms with E-state index in [0.717, 1.165) is 83.0 Å². The van der Waals surface area contributed by atoms with Crippen LogP contribution in [0.3, 0.4) is 0 Å². The van der Waals surface area contributed by atoms with Crippen molar-refractivity contribution in [2.45, 2.75) is 272 Å². The Hall–Kier alpha value is -8.70. The van der Waals surface area contributed by atoms with Crippen LogP contribution in [0.4, 0.5) is 0 Å². The van der Waals surface area contributed by atoms with E-state index in [4.69, 9.17) is 24.8 Å². The number of carboxylic acids is 3. The molecule has 10 nitrogen and oxygen atoms in total.